The van der Waals surface area contributed by atoms with Gasteiger partial charge in [0.25, 0.3) is 17.7 Å². The fourth-order valence-electron chi connectivity index (χ4n) is 12.6. The first-order valence-electron chi connectivity index (χ1n) is 31.3. The van der Waals surface area contributed by atoms with Gasteiger partial charge in [0, 0.05) is 62.9 Å². The summed E-state index contributed by atoms with van der Waals surface area (Å²) in [5.74, 6) is -6.64. The molecule has 101 heavy (non-hydrogen) atoms. The second kappa shape index (κ2) is 28.5. The predicted molar refractivity (Wildman–Crippen MR) is 361 cm³/mol. The molecule has 2 saturated heterocycles. The van der Waals surface area contributed by atoms with E-state index in [1.54, 1.807) is 55.7 Å². The lowest BCUT2D eigenvalue weighted by atomic mass is 9.85. The summed E-state index contributed by atoms with van der Waals surface area (Å²) in [6.07, 6.45) is -7.51. The number of amides is 7. The van der Waals surface area contributed by atoms with Crippen molar-refractivity contribution in [1.29, 1.82) is 0 Å². The highest BCUT2D eigenvalue weighted by atomic mass is 32.1. The quantitative estimate of drug-likeness (QED) is 0.0528. The molecule has 2 fully saturated rings. The smallest absolute Gasteiger partial charge is 0.358 e. The molecule has 0 aliphatic carbocycles. The van der Waals surface area contributed by atoms with E-state index in [9.17, 15) is 39.7 Å². The van der Waals surface area contributed by atoms with Crippen molar-refractivity contribution >= 4 is 121 Å². The van der Waals surface area contributed by atoms with Crippen molar-refractivity contribution in [1.82, 2.24) is 76.3 Å². The molecule has 10 N–H and O–H groups in total. The van der Waals surface area contributed by atoms with Crippen molar-refractivity contribution in [3.63, 3.8) is 0 Å². The number of aliphatic hydroxyl groups is 2. The third-order valence-electron chi connectivity index (χ3n) is 17.3. The van der Waals surface area contributed by atoms with E-state index in [4.69, 9.17) is 43.4 Å². The number of nitrogens with one attached hydrogen (secondary N) is 6. The minimum atomic E-state index is -1.91. The second-order valence-electron chi connectivity index (χ2n) is 24.6. The van der Waals surface area contributed by atoms with Gasteiger partial charge in [0.05, 0.1) is 55.3 Å². The number of hydrogen-bond donors (Lipinski definition) is 10. The number of pyridine rings is 1. The van der Waals surface area contributed by atoms with E-state index >= 15 is 19.2 Å². The van der Waals surface area contributed by atoms with Gasteiger partial charge in [-0.25, -0.2) is 44.3 Å². The summed E-state index contributed by atoms with van der Waals surface area (Å²) < 4.78 is 38.3. The second-order valence-corrected chi connectivity index (χ2v) is 28.9. The Balaban J connectivity index is 0.959. The van der Waals surface area contributed by atoms with Gasteiger partial charge in [-0.15, -0.1) is 56.7 Å². The number of aromatic hydroxyl groups is 1. The predicted octanol–water partition coefficient (Wildman–Crippen LogP) is 3.80. The SMILES string of the molecule is CO/C(C)=C1/NC(=O)C(C(C)O)NC(=O)c2csc(n2)-c2cc(O)c(-c3nc(CNC(=O)CN4CCNC4=O)cs3)nc2-c2csc(n2)C2COC(=O)c3c4c5c(cccc5n3O)COC(=O)C(OC3CC(C)(O)C(N(C)C)C(C)O3)C(OC4)C(NC(=O)c3csc1n3)c1nc(cs1)C(=O)N2. The van der Waals surface area contributed by atoms with E-state index in [2.05, 4.69) is 46.9 Å². The number of cyclic esters (lactones) is 2. The van der Waals surface area contributed by atoms with Crippen LogP contribution in [0.15, 0.2) is 56.9 Å². The maximum Gasteiger partial charge on any atom is 0.358 e. The van der Waals surface area contributed by atoms with E-state index in [-0.39, 0.29) is 118 Å². The third kappa shape index (κ3) is 14.1. The zero-order chi connectivity index (χ0) is 71.5. The summed E-state index contributed by atoms with van der Waals surface area (Å²) in [5.41, 5.74) is -1.82. The Morgan fingerprint density at radius 1 is 0.851 bits per heavy atom. The van der Waals surface area contributed by atoms with Gasteiger partial charge in [0.15, 0.2) is 18.1 Å². The molecule has 12 bridgehead atoms. The first kappa shape index (κ1) is 70.0. The van der Waals surface area contributed by atoms with Crippen molar-refractivity contribution in [3.05, 3.63) is 112 Å². The molecule has 10 unspecified atom stereocenters. The number of aromatic nitrogens is 7. The van der Waals surface area contributed by atoms with Crippen molar-refractivity contribution < 1.29 is 87.3 Å². The lowest BCUT2D eigenvalue weighted by Gasteiger charge is -2.48. The molecule has 38 heteroatoms. The van der Waals surface area contributed by atoms with Gasteiger partial charge < -0.3 is 90.6 Å². The number of carbonyl (C=O) groups excluding carboxylic acids is 8. The fourth-order valence-corrected chi connectivity index (χ4v) is 16.8. The van der Waals surface area contributed by atoms with Crippen molar-refractivity contribution in [2.75, 3.05) is 47.4 Å². The van der Waals surface area contributed by atoms with E-state index in [1.165, 1.54) is 54.1 Å². The number of thiazole rings is 5. The maximum absolute atomic E-state index is 15.2. The molecule has 530 valence electrons. The number of allylic oxidation sites excluding steroid dienone is 1. The van der Waals surface area contributed by atoms with Crippen molar-refractivity contribution in [3.8, 4) is 38.4 Å². The number of nitrogens with zero attached hydrogens (tertiary/aromatic N) is 9. The van der Waals surface area contributed by atoms with Crippen LogP contribution in [-0.2, 0) is 62.6 Å². The normalized spacial score (nSPS) is 24.5. The van der Waals surface area contributed by atoms with Crippen LogP contribution in [0, 0.1) is 0 Å². The molecule has 0 saturated carbocycles. The Morgan fingerprint density at radius 3 is 2.28 bits per heavy atom. The van der Waals surface area contributed by atoms with Gasteiger partial charge >= 0.3 is 18.0 Å². The molecule has 7 amide bonds. The Bertz CT molecular complexity index is 4650. The number of fused-ring (bicyclic) bond motifs is 15. The minimum absolute atomic E-state index is 0.00804. The van der Waals surface area contributed by atoms with Crippen LogP contribution >= 0.6 is 56.7 Å². The number of aliphatic hydroxyl groups excluding tert-OH is 1. The number of rotatable bonds is 10. The molecule has 7 aromatic heterocycles. The number of hydrogen-bond acceptors (Lipinski definition) is 30. The van der Waals surface area contributed by atoms with Crippen LogP contribution in [0.5, 0.6) is 5.75 Å². The molecule has 33 nitrogen and oxygen atoms in total. The molecule has 0 spiro atoms. The van der Waals surface area contributed by atoms with Crippen molar-refractivity contribution in [2.24, 2.45) is 0 Å². The molecule has 5 aliphatic rings. The van der Waals surface area contributed by atoms with Crippen LogP contribution in [0.4, 0.5) is 4.79 Å². The van der Waals surface area contributed by atoms with Crippen LogP contribution in [-0.4, -0.2) is 208 Å². The minimum Gasteiger partial charge on any atom is -0.506 e. The summed E-state index contributed by atoms with van der Waals surface area (Å²) in [5, 5.41) is 71.5. The van der Waals surface area contributed by atoms with E-state index in [0.29, 0.717) is 29.1 Å². The number of carbonyl (C=O) groups is 8. The average Bonchev–Trinajstić information content (AvgIpc) is 1.64. The molecule has 5 aliphatic heterocycles. The number of esters is 2. The Hall–Kier alpha value is -9.48. The van der Waals surface area contributed by atoms with E-state index < -0.39 is 133 Å². The number of likely N-dealkylation sites (N-methyl/N-ethyl adjacent to an activating group) is 1. The molecule has 0 radical (unpaired) electrons. The molecule has 12 heterocycles. The zero-order valence-electron chi connectivity index (χ0n) is 54.6. The molecular weight excluding hydrogens is 1420 g/mol. The first-order valence-corrected chi connectivity index (χ1v) is 35.7. The lowest BCUT2D eigenvalue weighted by Crippen LogP contribution is -2.62. The van der Waals surface area contributed by atoms with Gasteiger partial charge in [-0.1, -0.05) is 12.1 Å². The fraction of sp³-hybridized carbons (Fsp3) is 0.397. The first-order chi connectivity index (χ1) is 48.3. The Morgan fingerprint density at radius 2 is 1.54 bits per heavy atom. The Kier molecular flexibility index (Phi) is 19.8. The van der Waals surface area contributed by atoms with Crippen LogP contribution in [0.25, 0.3) is 49.3 Å². The zero-order valence-corrected chi connectivity index (χ0v) is 58.7. The Labute approximate surface area is 592 Å². The highest BCUT2D eigenvalue weighted by Gasteiger charge is 2.50. The monoisotopic (exact) mass is 1480 g/mol. The standard InChI is InChI=1S/C63H65N15O18S5/c1-25(79)42-54(85)74-43(26(2)91-7)57-70-36(24-100-57)53(84)75-46-48-49(96-40-14-63(4,89)50(76(5)6)27(3)95-40)61(87)93-17-28-9-8-10-37-41(28)31(18-92-48)47(78(37)90)60(86)94-19-32(67-51(82)34-23-101-59(46)71-34)56-68-33(21-99-56)44-30(55-69-35(22-98-55)52(83)73-42)13-38(80)45(72-44)58-66-29(20-97-58)15-65-39(81)16-77-12-11-64-62(77)88/h8-10,13,20-25,27,32,40,42,46,48-50,79-80,89-90H,11-12,14-19H2,1-7H3,(H,64,88)(H,65,81)(H,67,82)(H,73,83)(H,74,85)(H,75,84)/b43-26+. The van der Waals surface area contributed by atoms with Crippen LogP contribution in [0.1, 0.15) is 120 Å². The topological polar surface area (TPSA) is 434 Å². The molecule has 13 rings (SSSR count). The van der Waals surface area contributed by atoms with Crippen molar-refractivity contribution in [2.45, 2.75) is 114 Å². The van der Waals surface area contributed by atoms with Gasteiger partial charge in [0.2, 0.25) is 11.8 Å². The van der Waals surface area contributed by atoms with Crippen LogP contribution in [0.3, 0.4) is 0 Å². The van der Waals surface area contributed by atoms with Crippen LogP contribution in [0.2, 0.25) is 0 Å². The largest absolute Gasteiger partial charge is 0.506 e. The number of benzene rings is 1. The third-order valence-corrected chi connectivity index (χ3v) is 21.8. The van der Waals surface area contributed by atoms with E-state index in [1.807, 2.05) is 0 Å². The molecule has 1 aromatic carbocycles. The molecular formula is C63H65N15O18S5. The van der Waals surface area contributed by atoms with Gasteiger partial charge in [-0.3, -0.25) is 24.0 Å². The number of methoxy groups -OCH3 is 1. The van der Waals surface area contributed by atoms with Crippen LogP contribution < -0.4 is 31.9 Å². The molecule has 10 atom stereocenters. The van der Waals surface area contributed by atoms with Gasteiger partial charge in [-0.2, -0.15) is 4.73 Å². The van der Waals surface area contributed by atoms with E-state index in [0.717, 1.165) is 56.7 Å². The summed E-state index contributed by atoms with van der Waals surface area (Å²) in [6.45, 7) is 4.84. The summed E-state index contributed by atoms with van der Waals surface area (Å²) in [4.78, 5) is 146. The summed E-state index contributed by atoms with van der Waals surface area (Å²) in [7, 11) is 4.86. The number of ether oxygens (including phenoxy) is 6. The highest BCUT2D eigenvalue weighted by molar-refractivity contribution is 7.14. The average molecular weight is 1480 g/mol. The maximum atomic E-state index is 15.2. The lowest BCUT2D eigenvalue weighted by molar-refractivity contribution is -0.280. The summed E-state index contributed by atoms with van der Waals surface area (Å²) in [6, 6.07) is 0.440. The highest BCUT2D eigenvalue weighted by Crippen LogP contribution is 2.43. The summed E-state index contributed by atoms with van der Waals surface area (Å²) >= 11 is 4.77. The van der Waals surface area contributed by atoms with Gasteiger partial charge in [0.1, 0.15) is 120 Å². The number of urea groups is 1. The molecule has 8 aromatic rings. The van der Waals surface area contributed by atoms with Gasteiger partial charge in [-0.05, 0) is 59.5 Å².